The van der Waals surface area contributed by atoms with E-state index in [4.69, 9.17) is 14.2 Å². The maximum Gasteiger partial charge on any atom is 0.320 e. The molecule has 2 aliphatic heterocycles. The molecule has 2 heterocycles. The van der Waals surface area contributed by atoms with Crippen LogP contribution < -0.4 is 14.2 Å². The zero-order valence-electron chi connectivity index (χ0n) is 17.6. The average molecular weight is 431 g/mol. The summed E-state index contributed by atoms with van der Waals surface area (Å²) in [6.45, 7) is 1.39. The van der Waals surface area contributed by atoms with E-state index in [1.165, 1.54) is 0 Å². The van der Waals surface area contributed by atoms with Crippen LogP contribution in [0, 0.1) is 0 Å². The molecule has 0 bridgehead atoms. The number of hydrogen-bond acceptors (Lipinski definition) is 5. The van der Waals surface area contributed by atoms with Crippen LogP contribution in [-0.2, 0) is 11.4 Å². The van der Waals surface area contributed by atoms with Gasteiger partial charge in [-0.15, -0.1) is 0 Å². The maximum atomic E-state index is 12.0. The summed E-state index contributed by atoms with van der Waals surface area (Å²) in [5.41, 5.74) is 3.06. The molecule has 164 valence electrons. The third-order valence-electron chi connectivity index (χ3n) is 6.05. The van der Waals surface area contributed by atoms with E-state index in [-0.39, 0.29) is 12.8 Å². The number of rotatable bonds is 7. The standard InChI is InChI=1S/C26H25NO5/c28-26(29)22-10-5-13-27(22)25(20-11-12-23-24(15-20)32-17-31-23)19-8-4-9-21(14-19)30-16-18-6-2-1-3-7-18/h1-4,6-9,11-12,14-15,22,25H,5,10,13,16-17H2,(H,28,29). The van der Waals surface area contributed by atoms with Crippen molar-refractivity contribution in [1.29, 1.82) is 0 Å². The van der Waals surface area contributed by atoms with Crippen LogP contribution in [0.15, 0.2) is 72.8 Å². The van der Waals surface area contributed by atoms with Gasteiger partial charge >= 0.3 is 5.97 Å². The van der Waals surface area contributed by atoms with Gasteiger partial charge in [0.25, 0.3) is 0 Å². The van der Waals surface area contributed by atoms with Gasteiger partial charge in [0.2, 0.25) is 6.79 Å². The Balaban J connectivity index is 1.48. The molecule has 1 N–H and O–H groups in total. The van der Waals surface area contributed by atoms with Crippen molar-refractivity contribution in [2.24, 2.45) is 0 Å². The van der Waals surface area contributed by atoms with E-state index in [1.807, 2.05) is 72.8 Å². The number of nitrogens with zero attached hydrogens (tertiary/aromatic N) is 1. The monoisotopic (exact) mass is 431 g/mol. The lowest BCUT2D eigenvalue weighted by atomic mass is 9.95. The largest absolute Gasteiger partial charge is 0.489 e. The molecule has 2 aliphatic rings. The van der Waals surface area contributed by atoms with Crippen molar-refractivity contribution in [2.75, 3.05) is 13.3 Å². The molecular weight excluding hydrogens is 406 g/mol. The molecule has 6 heteroatoms. The number of aliphatic carboxylic acids is 1. The molecule has 32 heavy (non-hydrogen) atoms. The van der Waals surface area contributed by atoms with Crippen molar-refractivity contribution in [3.05, 3.63) is 89.5 Å². The van der Waals surface area contributed by atoms with Crippen LogP contribution in [0.25, 0.3) is 0 Å². The summed E-state index contributed by atoms with van der Waals surface area (Å²) in [6.07, 6.45) is 1.49. The van der Waals surface area contributed by atoms with Gasteiger partial charge in [-0.2, -0.15) is 0 Å². The Morgan fingerprint density at radius 3 is 2.66 bits per heavy atom. The van der Waals surface area contributed by atoms with E-state index in [2.05, 4.69) is 4.90 Å². The first-order valence-corrected chi connectivity index (χ1v) is 10.8. The van der Waals surface area contributed by atoms with E-state index in [0.717, 1.165) is 28.9 Å². The van der Waals surface area contributed by atoms with Crippen LogP contribution in [0.5, 0.6) is 17.2 Å². The molecule has 0 aromatic heterocycles. The highest BCUT2D eigenvalue weighted by Gasteiger charge is 2.37. The van der Waals surface area contributed by atoms with Crippen molar-refractivity contribution in [1.82, 2.24) is 4.90 Å². The normalized spacial score (nSPS) is 18.4. The number of carboxylic acids is 1. The third-order valence-corrected chi connectivity index (χ3v) is 6.05. The second kappa shape index (κ2) is 8.93. The first-order chi connectivity index (χ1) is 15.7. The van der Waals surface area contributed by atoms with Gasteiger partial charge in [0, 0.05) is 6.54 Å². The van der Waals surface area contributed by atoms with E-state index >= 15 is 0 Å². The number of likely N-dealkylation sites (tertiary alicyclic amines) is 1. The molecule has 0 saturated carbocycles. The van der Waals surface area contributed by atoms with Gasteiger partial charge in [0.15, 0.2) is 11.5 Å². The SMILES string of the molecule is O=C(O)C1CCCN1C(c1cccc(OCc2ccccc2)c1)c1ccc2c(c1)OCO2. The minimum absolute atomic E-state index is 0.202. The summed E-state index contributed by atoms with van der Waals surface area (Å²) in [5, 5.41) is 9.84. The number of ether oxygens (including phenoxy) is 3. The summed E-state index contributed by atoms with van der Waals surface area (Å²) in [5.74, 6) is 1.37. The summed E-state index contributed by atoms with van der Waals surface area (Å²) >= 11 is 0. The third kappa shape index (κ3) is 4.14. The molecule has 2 unspecified atom stereocenters. The molecular formula is C26H25NO5. The van der Waals surface area contributed by atoms with Gasteiger partial charge < -0.3 is 19.3 Å². The second-order valence-corrected chi connectivity index (χ2v) is 8.10. The molecule has 0 radical (unpaired) electrons. The minimum Gasteiger partial charge on any atom is -0.489 e. The molecule has 3 aromatic rings. The molecule has 2 atom stereocenters. The van der Waals surface area contributed by atoms with Crippen LogP contribution in [0.2, 0.25) is 0 Å². The number of benzene rings is 3. The van der Waals surface area contributed by atoms with E-state index in [9.17, 15) is 9.90 Å². The van der Waals surface area contributed by atoms with Crippen molar-refractivity contribution in [3.63, 3.8) is 0 Å². The Bertz CT molecular complexity index is 1100. The van der Waals surface area contributed by atoms with Gasteiger partial charge in [-0.05, 0) is 53.8 Å². The van der Waals surface area contributed by atoms with Crippen LogP contribution in [-0.4, -0.2) is 35.4 Å². The van der Waals surface area contributed by atoms with Gasteiger partial charge in [-0.3, -0.25) is 9.69 Å². The van der Waals surface area contributed by atoms with E-state index in [0.29, 0.717) is 31.1 Å². The highest BCUT2D eigenvalue weighted by molar-refractivity contribution is 5.74. The molecule has 5 rings (SSSR count). The Kier molecular flexibility index (Phi) is 5.69. The fourth-order valence-electron chi connectivity index (χ4n) is 4.54. The molecule has 1 fully saturated rings. The first-order valence-electron chi connectivity index (χ1n) is 10.8. The van der Waals surface area contributed by atoms with Gasteiger partial charge in [0.05, 0.1) is 6.04 Å². The summed E-state index contributed by atoms with van der Waals surface area (Å²) in [4.78, 5) is 14.0. The Labute approximate surface area is 187 Å². The summed E-state index contributed by atoms with van der Waals surface area (Å²) in [6, 6.07) is 23.0. The zero-order chi connectivity index (χ0) is 21.9. The summed E-state index contributed by atoms with van der Waals surface area (Å²) in [7, 11) is 0. The molecule has 0 spiro atoms. The minimum atomic E-state index is -0.787. The molecule has 0 amide bonds. The Hall–Kier alpha value is -3.51. The topological polar surface area (TPSA) is 68.2 Å². The van der Waals surface area contributed by atoms with Crippen molar-refractivity contribution >= 4 is 5.97 Å². The predicted molar refractivity (Wildman–Crippen MR) is 119 cm³/mol. The van der Waals surface area contributed by atoms with Crippen molar-refractivity contribution in [3.8, 4) is 17.2 Å². The van der Waals surface area contributed by atoms with Gasteiger partial charge in [-0.1, -0.05) is 48.5 Å². The summed E-state index contributed by atoms with van der Waals surface area (Å²) < 4.78 is 17.1. The number of carboxylic acid groups (broad SMARTS) is 1. The maximum absolute atomic E-state index is 12.0. The zero-order valence-corrected chi connectivity index (χ0v) is 17.6. The van der Waals surface area contributed by atoms with Crippen LogP contribution >= 0.6 is 0 Å². The van der Waals surface area contributed by atoms with Crippen LogP contribution in [0.4, 0.5) is 0 Å². The fourth-order valence-corrected chi connectivity index (χ4v) is 4.54. The smallest absolute Gasteiger partial charge is 0.320 e. The average Bonchev–Trinajstić information content (AvgIpc) is 3.48. The van der Waals surface area contributed by atoms with Crippen LogP contribution in [0.3, 0.4) is 0 Å². The quantitative estimate of drug-likeness (QED) is 0.588. The highest BCUT2D eigenvalue weighted by atomic mass is 16.7. The molecule has 3 aromatic carbocycles. The lowest BCUT2D eigenvalue weighted by Gasteiger charge is -2.32. The lowest BCUT2D eigenvalue weighted by Crippen LogP contribution is -2.39. The number of carbonyl (C=O) groups is 1. The van der Waals surface area contributed by atoms with Crippen molar-refractivity contribution in [2.45, 2.75) is 31.5 Å². The van der Waals surface area contributed by atoms with Crippen LogP contribution in [0.1, 0.15) is 35.6 Å². The predicted octanol–water partition coefficient (Wildman–Crippen LogP) is 4.63. The first kappa shape index (κ1) is 20.4. The second-order valence-electron chi connectivity index (χ2n) is 8.10. The Morgan fingerprint density at radius 1 is 1.00 bits per heavy atom. The highest BCUT2D eigenvalue weighted by Crippen LogP contribution is 2.40. The fraction of sp³-hybridized carbons (Fsp3) is 0.269. The number of fused-ring (bicyclic) bond motifs is 1. The van der Waals surface area contributed by atoms with Crippen molar-refractivity contribution < 1.29 is 24.1 Å². The van der Waals surface area contributed by atoms with Gasteiger partial charge in [0.1, 0.15) is 18.4 Å². The van der Waals surface area contributed by atoms with Gasteiger partial charge in [-0.25, -0.2) is 0 Å². The van der Waals surface area contributed by atoms with E-state index in [1.54, 1.807) is 0 Å². The molecule has 1 saturated heterocycles. The Morgan fingerprint density at radius 2 is 1.81 bits per heavy atom. The lowest BCUT2D eigenvalue weighted by molar-refractivity contribution is -0.142. The molecule has 0 aliphatic carbocycles. The molecule has 6 nitrogen and oxygen atoms in total. The van der Waals surface area contributed by atoms with E-state index < -0.39 is 12.0 Å². The number of hydrogen-bond donors (Lipinski definition) is 1.